The topological polar surface area (TPSA) is 118 Å². The summed E-state index contributed by atoms with van der Waals surface area (Å²) in [5, 5.41) is 15.8. The number of hydrogen-bond donors (Lipinski definition) is 2. The van der Waals surface area contributed by atoms with Crippen LogP contribution >= 0.6 is 0 Å². The zero-order valence-electron chi connectivity index (χ0n) is 6.85. The van der Waals surface area contributed by atoms with E-state index in [1.54, 1.807) is 0 Å². The van der Waals surface area contributed by atoms with Gasteiger partial charge < -0.3 is 14.9 Å². The Labute approximate surface area is 80.2 Å². The maximum absolute atomic E-state index is 11.7. The predicted octanol–water partition coefficient (Wildman–Crippen LogP) is -2.23. The predicted molar refractivity (Wildman–Crippen MR) is 35.3 cm³/mol. The van der Waals surface area contributed by atoms with Gasteiger partial charge in [0.1, 0.15) is 0 Å². The Hall–Kier alpha value is -1.74. The van der Waals surface area contributed by atoms with Gasteiger partial charge in [0.05, 0.1) is 0 Å². The summed E-state index contributed by atoms with van der Waals surface area (Å²) in [4.78, 5) is 41.2. The molecule has 0 rings (SSSR count). The van der Waals surface area contributed by atoms with E-state index in [2.05, 4.69) is 4.74 Å². The molecule has 0 saturated heterocycles. The second-order valence-electron chi connectivity index (χ2n) is 2.08. The van der Waals surface area contributed by atoms with Crippen molar-refractivity contribution in [2.45, 2.75) is 12.7 Å². The van der Waals surface area contributed by atoms with Crippen LogP contribution in [0.25, 0.3) is 0 Å². The summed E-state index contributed by atoms with van der Waals surface area (Å²) < 4.78 is 26.8. The number of carbonyl (C=O) groups excluding carboxylic acids is 4. The molecular formula is C6H4F2O7. The number of esters is 2. The van der Waals surface area contributed by atoms with Crippen molar-refractivity contribution in [3.05, 3.63) is 0 Å². The number of carbonyl (C=O) groups is 4. The SMILES string of the molecule is O=C(OC(=O)C(=O)C(O)F)C(=O)C(O)F. The highest BCUT2D eigenvalue weighted by molar-refractivity contribution is 6.43. The monoisotopic (exact) mass is 226 g/mol. The van der Waals surface area contributed by atoms with Crippen LogP contribution in [0.3, 0.4) is 0 Å². The molecule has 0 aliphatic heterocycles. The van der Waals surface area contributed by atoms with Gasteiger partial charge in [0.25, 0.3) is 12.7 Å². The van der Waals surface area contributed by atoms with Crippen molar-refractivity contribution < 1.29 is 42.9 Å². The molecule has 0 saturated carbocycles. The first-order valence-corrected chi connectivity index (χ1v) is 3.25. The van der Waals surface area contributed by atoms with Crippen LogP contribution in [0, 0.1) is 0 Å². The van der Waals surface area contributed by atoms with E-state index < -0.39 is 36.2 Å². The fraction of sp³-hybridized carbons (Fsp3) is 0.333. The molecule has 0 aromatic rings. The van der Waals surface area contributed by atoms with Gasteiger partial charge in [0.2, 0.25) is 0 Å². The number of alkyl halides is 2. The highest BCUT2D eigenvalue weighted by Gasteiger charge is 2.31. The van der Waals surface area contributed by atoms with Gasteiger partial charge in [0, 0.05) is 0 Å². The fourth-order valence-corrected chi connectivity index (χ4v) is 0.379. The molecule has 9 heteroatoms. The lowest BCUT2D eigenvalue weighted by Crippen LogP contribution is -2.34. The van der Waals surface area contributed by atoms with Crippen LogP contribution in [0.15, 0.2) is 0 Å². The van der Waals surface area contributed by atoms with Crippen LogP contribution in [0.1, 0.15) is 0 Å². The number of Topliss-reactive ketones (excluding diaryl/α,β-unsaturated/α-hetero) is 2. The lowest BCUT2D eigenvalue weighted by atomic mass is 10.4. The third kappa shape index (κ3) is 3.87. The van der Waals surface area contributed by atoms with Gasteiger partial charge in [-0.15, -0.1) is 0 Å². The highest BCUT2D eigenvalue weighted by Crippen LogP contribution is 1.95. The van der Waals surface area contributed by atoms with Crippen molar-refractivity contribution in [3.8, 4) is 0 Å². The molecule has 15 heavy (non-hydrogen) atoms. The molecule has 0 aliphatic rings. The molecule has 0 fully saturated rings. The number of halogens is 2. The van der Waals surface area contributed by atoms with Crippen molar-refractivity contribution >= 4 is 23.5 Å². The molecule has 2 N–H and O–H groups in total. The van der Waals surface area contributed by atoms with Crippen molar-refractivity contribution in [1.29, 1.82) is 0 Å². The maximum Gasteiger partial charge on any atom is 0.388 e. The molecule has 0 bridgehead atoms. The number of hydrogen-bond acceptors (Lipinski definition) is 7. The first-order chi connectivity index (χ1) is 6.77. The summed E-state index contributed by atoms with van der Waals surface area (Å²) >= 11 is 0. The maximum atomic E-state index is 11.7. The number of ether oxygens (including phenoxy) is 1. The van der Waals surface area contributed by atoms with E-state index in [0.29, 0.717) is 0 Å². The summed E-state index contributed by atoms with van der Waals surface area (Å²) in [5.74, 6) is -8.62. The minimum Gasteiger partial charge on any atom is -0.381 e. The first-order valence-electron chi connectivity index (χ1n) is 3.25. The molecule has 0 heterocycles. The van der Waals surface area contributed by atoms with Crippen molar-refractivity contribution in [2.24, 2.45) is 0 Å². The van der Waals surface area contributed by atoms with Gasteiger partial charge in [-0.2, -0.15) is 0 Å². The number of rotatable bonds is 4. The lowest BCUT2D eigenvalue weighted by Gasteiger charge is -2.01. The molecule has 84 valence electrons. The van der Waals surface area contributed by atoms with Crippen LogP contribution in [-0.4, -0.2) is 46.4 Å². The van der Waals surface area contributed by atoms with Crippen molar-refractivity contribution in [2.75, 3.05) is 0 Å². The molecule has 0 amide bonds. The molecule has 7 nitrogen and oxygen atoms in total. The number of ketones is 2. The summed E-state index contributed by atoms with van der Waals surface area (Å²) in [5.41, 5.74) is 0. The largest absolute Gasteiger partial charge is 0.388 e. The average molecular weight is 226 g/mol. The molecule has 0 aliphatic carbocycles. The van der Waals surface area contributed by atoms with E-state index in [-0.39, 0.29) is 0 Å². The Balaban J connectivity index is 4.38. The smallest absolute Gasteiger partial charge is 0.381 e. The summed E-state index contributed by atoms with van der Waals surface area (Å²) in [6, 6.07) is 0. The summed E-state index contributed by atoms with van der Waals surface area (Å²) in [6.45, 7) is 0. The van der Waals surface area contributed by atoms with Gasteiger partial charge >= 0.3 is 23.5 Å². The van der Waals surface area contributed by atoms with E-state index in [1.807, 2.05) is 0 Å². The third-order valence-electron chi connectivity index (χ3n) is 1.02. The molecule has 0 radical (unpaired) electrons. The van der Waals surface area contributed by atoms with Gasteiger partial charge in [-0.1, -0.05) is 0 Å². The van der Waals surface area contributed by atoms with Crippen LogP contribution in [-0.2, 0) is 23.9 Å². The normalized spacial score (nSPS) is 13.9. The molecule has 2 unspecified atom stereocenters. The second kappa shape index (κ2) is 5.22. The number of aliphatic hydroxyl groups is 2. The van der Waals surface area contributed by atoms with E-state index in [0.717, 1.165) is 0 Å². The van der Waals surface area contributed by atoms with E-state index in [9.17, 15) is 28.0 Å². The molecule has 0 aromatic heterocycles. The quantitative estimate of drug-likeness (QED) is 0.316. The van der Waals surface area contributed by atoms with E-state index >= 15 is 0 Å². The van der Waals surface area contributed by atoms with Gasteiger partial charge in [0.15, 0.2) is 0 Å². The zero-order valence-corrected chi connectivity index (χ0v) is 6.85. The summed E-state index contributed by atoms with van der Waals surface area (Å²) in [7, 11) is 0. The Morgan fingerprint density at radius 2 is 1.13 bits per heavy atom. The molecular weight excluding hydrogens is 222 g/mol. The van der Waals surface area contributed by atoms with Crippen LogP contribution in [0.4, 0.5) is 8.78 Å². The van der Waals surface area contributed by atoms with E-state index in [4.69, 9.17) is 10.2 Å². The Morgan fingerprint density at radius 3 is 1.33 bits per heavy atom. The number of aliphatic hydroxyl groups excluding tert-OH is 2. The Kier molecular flexibility index (Phi) is 4.61. The summed E-state index contributed by atoms with van der Waals surface area (Å²) in [6.07, 6.45) is -6.42. The Morgan fingerprint density at radius 1 is 0.867 bits per heavy atom. The van der Waals surface area contributed by atoms with E-state index in [1.165, 1.54) is 0 Å². The molecule has 0 aromatic carbocycles. The fourth-order valence-electron chi connectivity index (χ4n) is 0.379. The lowest BCUT2D eigenvalue weighted by molar-refractivity contribution is -0.174. The van der Waals surface area contributed by atoms with Crippen LogP contribution < -0.4 is 0 Å². The minimum absolute atomic E-state index is 2.13. The third-order valence-corrected chi connectivity index (χ3v) is 1.02. The van der Waals surface area contributed by atoms with Gasteiger partial charge in [-0.25, -0.2) is 18.4 Å². The van der Waals surface area contributed by atoms with Crippen molar-refractivity contribution in [3.63, 3.8) is 0 Å². The first kappa shape index (κ1) is 13.3. The van der Waals surface area contributed by atoms with Gasteiger partial charge in [-0.05, 0) is 0 Å². The van der Waals surface area contributed by atoms with Gasteiger partial charge in [-0.3, -0.25) is 9.59 Å². The zero-order chi connectivity index (χ0) is 12.2. The standard InChI is InChI=1S/C6H4F2O7/c7-3(11)1(9)5(13)15-6(14)2(10)4(8)12/h3-4,11-12H. The van der Waals surface area contributed by atoms with Crippen LogP contribution in [0.5, 0.6) is 0 Å². The molecule has 0 spiro atoms. The Bertz CT molecular complexity index is 279. The van der Waals surface area contributed by atoms with Crippen molar-refractivity contribution in [1.82, 2.24) is 0 Å². The highest BCUT2D eigenvalue weighted by atomic mass is 19.1. The minimum atomic E-state index is -3.21. The second-order valence-corrected chi connectivity index (χ2v) is 2.08. The van der Waals surface area contributed by atoms with Crippen LogP contribution in [0.2, 0.25) is 0 Å². The average Bonchev–Trinajstić information content (AvgIpc) is 2.14. The molecule has 2 atom stereocenters.